The molecule has 0 aromatic heterocycles. The number of carbonyl (C=O) groups excluding carboxylic acids is 2. The van der Waals surface area contributed by atoms with Crippen LogP contribution in [0, 0.1) is 0 Å². The molecule has 83 heavy (non-hydrogen) atoms. The summed E-state index contributed by atoms with van der Waals surface area (Å²) in [7, 11) is 0. The van der Waals surface area contributed by atoms with E-state index in [0.717, 1.165) is 89.9 Å². The zero-order valence-electron chi connectivity index (χ0n) is 53.3. The Morgan fingerprint density at radius 3 is 1.31 bits per heavy atom. The Hall–Kier alpha value is -3.16. The molecule has 6 N–H and O–H groups in total. The molecule has 1 saturated heterocycles. The normalized spacial score (nSPS) is 19.1. The van der Waals surface area contributed by atoms with E-state index in [4.69, 9.17) is 14.2 Å². The maximum absolute atomic E-state index is 13.4. The van der Waals surface area contributed by atoms with Crippen molar-refractivity contribution >= 4 is 11.9 Å². The summed E-state index contributed by atoms with van der Waals surface area (Å²) in [5.41, 5.74) is 0. The van der Waals surface area contributed by atoms with Gasteiger partial charge in [-0.25, -0.2) is 0 Å². The highest BCUT2D eigenvalue weighted by Crippen LogP contribution is 2.26. The van der Waals surface area contributed by atoms with Crippen LogP contribution in [0.1, 0.15) is 297 Å². The fourth-order valence-electron chi connectivity index (χ4n) is 10.4. The van der Waals surface area contributed by atoms with Crippen LogP contribution in [-0.4, -0.2) is 99.6 Å². The van der Waals surface area contributed by atoms with E-state index in [1.165, 1.54) is 161 Å². The summed E-state index contributed by atoms with van der Waals surface area (Å²) in [6.07, 6.45) is 67.8. The molecule has 1 heterocycles. The largest absolute Gasteiger partial charge is 0.454 e. The lowest BCUT2D eigenvalue weighted by molar-refractivity contribution is -0.305. The van der Waals surface area contributed by atoms with E-state index in [1.54, 1.807) is 6.08 Å². The Kier molecular flexibility index (Phi) is 55.5. The van der Waals surface area contributed by atoms with Gasteiger partial charge in [-0.3, -0.25) is 9.59 Å². The molecule has 1 aliphatic heterocycles. The van der Waals surface area contributed by atoms with Gasteiger partial charge in [-0.05, 0) is 96.3 Å². The van der Waals surface area contributed by atoms with E-state index in [2.05, 4.69) is 99.0 Å². The predicted octanol–water partition coefficient (Wildman–Crippen LogP) is 17.3. The van der Waals surface area contributed by atoms with E-state index >= 15 is 0 Å². The number of amides is 1. The SMILES string of the molecule is CC/C=C\C/C=C\C/C=C\C/C=C\C/C=C\CCCCC(O)C(=O)NC(COC1OC(CO)C(O)C(O)C1OC(=O)CCCCCCCCCCCCCCCCC/C=C/CCCCCCCC)C(O)/C=C/CCCCCCCCCCC. The third-order valence-corrected chi connectivity index (χ3v) is 15.8. The molecule has 1 rings (SSSR count). The van der Waals surface area contributed by atoms with E-state index in [9.17, 15) is 35.1 Å². The highest BCUT2D eigenvalue weighted by Gasteiger charge is 2.47. The number of hydrogen-bond acceptors (Lipinski definition) is 10. The second-order valence-electron chi connectivity index (χ2n) is 23.5. The third kappa shape index (κ3) is 46.7. The maximum atomic E-state index is 13.4. The van der Waals surface area contributed by atoms with Crippen molar-refractivity contribution in [3.8, 4) is 0 Å². The highest BCUT2D eigenvalue weighted by atomic mass is 16.7. The Bertz CT molecular complexity index is 1670. The van der Waals surface area contributed by atoms with Gasteiger partial charge in [-0.15, -0.1) is 0 Å². The van der Waals surface area contributed by atoms with Gasteiger partial charge in [0.25, 0.3) is 0 Å². The lowest BCUT2D eigenvalue weighted by Crippen LogP contribution is -2.61. The average molecular weight is 1170 g/mol. The molecular formula is C72H127NO10. The number of aliphatic hydroxyl groups excluding tert-OH is 5. The smallest absolute Gasteiger partial charge is 0.306 e. The molecule has 8 atom stereocenters. The van der Waals surface area contributed by atoms with Crippen molar-refractivity contribution < 1.29 is 49.3 Å². The Morgan fingerprint density at radius 2 is 0.867 bits per heavy atom. The van der Waals surface area contributed by atoms with Gasteiger partial charge in [0.2, 0.25) is 5.91 Å². The lowest BCUT2D eigenvalue weighted by Gasteiger charge is -2.41. The number of ether oxygens (including phenoxy) is 3. The molecule has 8 unspecified atom stereocenters. The van der Waals surface area contributed by atoms with Crippen LogP contribution in [0.25, 0.3) is 0 Å². The number of carbonyl (C=O) groups is 2. The standard InChI is InChI=1S/C72H127NO10/c1-4-7-10-13-16-19-22-24-26-28-30-31-32-33-34-35-36-38-40-42-45-48-51-54-57-60-67(77)83-70-69(79)68(78)66(61-74)82-72(70)81-62-63(64(75)58-55-52-49-46-43-21-18-15-12-9-6-3)73-71(80)65(76)59-56-53-50-47-44-41-39-37-29-27-25-23-20-17-14-11-8-5-2/h8,11,17,20,24-27,37,39,44,47,55,58,63-66,68-70,72,74-76,78-79H,4-7,9-10,12-16,18-19,21-23,28-36,38,40-43,45-46,48-54,56-57,59-62H2,1-3H3,(H,73,80)/b11-8-,20-17-,26-24+,27-25-,39-37-,47-44-,58-55+. The van der Waals surface area contributed by atoms with Crippen LogP contribution in [0.5, 0.6) is 0 Å². The van der Waals surface area contributed by atoms with Crippen molar-refractivity contribution in [1.82, 2.24) is 5.32 Å². The van der Waals surface area contributed by atoms with Crippen molar-refractivity contribution in [1.29, 1.82) is 0 Å². The number of esters is 1. The molecule has 0 saturated carbocycles. The molecule has 11 heteroatoms. The number of rotatable bonds is 58. The topological polar surface area (TPSA) is 175 Å². The quantitative estimate of drug-likeness (QED) is 0.0195. The van der Waals surface area contributed by atoms with Gasteiger partial charge in [-0.2, -0.15) is 0 Å². The minimum absolute atomic E-state index is 0.118. The van der Waals surface area contributed by atoms with Crippen molar-refractivity contribution in [2.75, 3.05) is 13.2 Å². The Labute approximate surface area is 508 Å². The first-order valence-electron chi connectivity index (χ1n) is 34.4. The van der Waals surface area contributed by atoms with Gasteiger partial charge < -0.3 is 45.1 Å². The molecule has 0 aromatic rings. The minimum atomic E-state index is -1.62. The van der Waals surface area contributed by atoms with Crippen LogP contribution in [0.3, 0.4) is 0 Å². The molecule has 1 amide bonds. The maximum Gasteiger partial charge on any atom is 0.306 e. The van der Waals surface area contributed by atoms with Gasteiger partial charge in [0, 0.05) is 6.42 Å². The second-order valence-corrected chi connectivity index (χ2v) is 23.5. The molecule has 0 spiro atoms. The molecule has 480 valence electrons. The molecule has 11 nitrogen and oxygen atoms in total. The van der Waals surface area contributed by atoms with E-state index in [1.807, 2.05) is 6.08 Å². The first-order valence-corrected chi connectivity index (χ1v) is 34.4. The second kappa shape index (κ2) is 59.2. The molecular weight excluding hydrogens is 1040 g/mol. The number of unbranched alkanes of at least 4 members (excludes halogenated alkanes) is 32. The van der Waals surface area contributed by atoms with Gasteiger partial charge in [0.1, 0.15) is 24.4 Å². The number of aliphatic hydroxyl groups is 5. The zero-order valence-corrected chi connectivity index (χ0v) is 53.3. The summed E-state index contributed by atoms with van der Waals surface area (Å²) in [6, 6.07) is -1.05. The predicted molar refractivity (Wildman–Crippen MR) is 347 cm³/mol. The van der Waals surface area contributed by atoms with Crippen LogP contribution in [0.4, 0.5) is 0 Å². The molecule has 0 aromatic carbocycles. The lowest BCUT2D eigenvalue weighted by atomic mass is 9.99. The van der Waals surface area contributed by atoms with Gasteiger partial charge >= 0.3 is 5.97 Å². The first-order chi connectivity index (χ1) is 40.7. The number of nitrogens with one attached hydrogen (secondary N) is 1. The van der Waals surface area contributed by atoms with Crippen molar-refractivity contribution in [2.24, 2.45) is 0 Å². The average Bonchev–Trinajstić information content (AvgIpc) is 3.64. The number of allylic oxidation sites excluding steroid dienone is 13. The van der Waals surface area contributed by atoms with E-state index in [-0.39, 0.29) is 19.4 Å². The van der Waals surface area contributed by atoms with Gasteiger partial charge in [-0.1, -0.05) is 279 Å². The Morgan fingerprint density at radius 1 is 0.482 bits per heavy atom. The fraction of sp³-hybridized carbons (Fsp3) is 0.778. The summed E-state index contributed by atoms with van der Waals surface area (Å²) in [5.74, 6) is -1.23. The Balaban J connectivity index is 2.58. The van der Waals surface area contributed by atoms with Crippen molar-refractivity contribution in [2.45, 2.75) is 346 Å². The summed E-state index contributed by atoms with van der Waals surface area (Å²) < 4.78 is 17.7. The van der Waals surface area contributed by atoms with Crippen LogP contribution < -0.4 is 5.32 Å². The van der Waals surface area contributed by atoms with Gasteiger partial charge in [0.15, 0.2) is 12.4 Å². The summed E-state index contributed by atoms with van der Waals surface area (Å²) in [5, 5.41) is 57.1. The fourth-order valence-corrected chi connectivity index (χ4v) is 10.4. The van der Waals surface area contributed by atoms with E-state index < -0.39 is 67.4 Å². The highest BCUT2D eigenvalue weighted by molar-refractivity contribution is 5.80. The summed E-state index contributed by atoms with van der Waals surface area (Å²) >= 11 is 0. The van der Waals surface area contributed by atoms with Crippen LogP contribution >= 0.6 is 0 Å². The minimum Gasteiger partial charge on any atom is -0.454 e. The van der Waals surface area contributed by atoms with Crippen LogP contribution in [-0.2, 0) is 23.8 Å². The van der Waals surface area contributed by atoms with E-state index in [0.29, 0.717) is 12.8 Å². The zero-order chi connectivity index (χ0) is 60.3. The van der Waals surface area contributed by atoms with Crippen LogP contribution in [0.2, 0.25) is 0 Å². The summed E-state index contributed by atoms with van der Waals surface area (Å²) in [4.78, 5) is 26.6. The monoisotopic (exact) mass is 1170 g/mol. The van der Waals surface area contributed by atoms with Crippen molar-refractivity contribution in [3.05, 3.63) is 85.1 Å². The van der Waals surface area contributed by atoms with Crippen LogP contribution in [0.15, 0.2) is 85.1 Å². The summed E-state index contributed by atoms with van der Waals surface area (Å²) in [6.45, 7) is 5.66. The molecule has 1 aliphatic rings. The van der Waals surface area contributed by atoms with Gasteiger partial charge in [0.05, 0.1) is 25.4 Å². The molecule has 0 radical (unpaired) electrons. The molecule has 0 aliphatic carbocycles. The first kappa shape index (κ1) is 77.9. The molecule has 1 fully saturated rings. The van der Waals surface area contributed by atoms with Crippen molar-refractivity contribution in [3.63, 3.8) is 0 Å². The molecule has 0 bridgehead atoms. The number of hydrogen-bond donors (Lipinski definition) is 6. The third-order valence-electron chi connectivity index (χ3n) is 15.8.